The summed E-state index contributed by atoms with van der Waals surface area (Å²) in [5.41, 5.74) is 0.650. The van der Waals surface area contributed by atoms with E-state index >= 15 is 0 Å². The maximum Gasteiger partial charge on any atom is 0.255 e. The van der Waals surface area contributed by atoms with E-state index in [0.29, 0.717) is 35.9 Å². The number of ether oxygens (including phenoxy) is 1. The van der Waals surface area contributed by atoms with Crippen molar-refractivity contribution in [2.75, 3.05) is 32.8 Å². The number of amides is 1. The maximum atomic E-state index is 12.9. The number of benzene rings is 1. The highest BCUT2D eigenvalue weighted by molar-refractivity contribution is 5.96. The van der Waals surface area contributed by atoms with Gasteiger partial charge < -0.3 is 15.4 Å². The predicted octanol–water partition coefficient (Wildman–Crippen LogP) is 3.51. The molecule has 3 fully saturated rings. The van der Waals surface area contributed by atoms with Crippen molar-refractivity contribution in [1.82, 2.24) is 15.5 Å². The molecule has 0 radical (unpaired) electrons. The first-order valence-corrected chi connectivity index (χ1v) is 10.7. The number of halogens is 2. The Balaban J connectivity index is 0.00000150. The lowest BCUT2D eigenvalue weighted by molar-refractivity contribution is -0.0371. The fraction of sp³-hybridized carbons (Fsp3) is 0.682. The molecule has 1 amide bonds. The number of nitrogens with one attached hydrogen (secondary N) is 2. The van der Waals surface area contributed by atoms with Crippen LogP contribution in [-0.2, 0) is 0 Å². The topological polar surface area (TPSA) is 53.6 Å². The Morgan fingerprint density at radius 1 is 1.21 bits per heavy atom. The molecule has 2 bridgehead atoms. The molecule has 5 nitrogen and oxygen atoms in total. The van der Waals surface area contributed by atoms with Crippen LogP contribution >= 0.6 is 24.8 Å². The van der Waals surface area contributed by atoms with Crippen molar-refractivity contribution in [2.45, 2.75) is 51.1 Å². The summed E-state index contributed by atoms with van der Waals surface area (Å²) in [6, 6.07) is 8.74. The molecule has 3 saturated heterocycles. The maximum absolute atomic E-state index is 12.9. The summed E-state index contributed by atoms with van der Waals surface area (Å²) < 4.78 is 5.77. The quantitative estimate of drug-likeness (QED) is 0.705. The summed E-state index contributed by atoms with van der Waals surface area (Å²) in [5, 5.41) is 6.88. The van der Waals surface area contributed by atoms with Crippen LogP contribution in [0.4, 0.5) is 0 Å². The van der Waals surface area contributed by atoms with Crippen LogP contribution in [0.5, 0.6) is 5.75 Å². The van der Waals surface area contributed by atoms with E-state index in [1.165, 1.54) is 38.8 Å². The van der Waals surface area contributed by atoms with Crippen molar-refractivity contribution < 1.29 is 9.53 Å². The Morgan fingerprint density at radius 3 is 2.83 bits per heavy atom. The number of hydrogen-bond donors (Lipinski definition) is 2. The Bertz CT molecular complexity index is 661. The van der Waals surface area contributed by atoms with Gasteiger partial charge in [-0.2, -0.15) is 0 Å². The van der Waals surface area contributed by atoms with Gasteiger partial charge >= 0.3 is 0 Å². The van der Waals surface area contributed by atoms with Gasteiger partial charge in [0.25, 0.3) is 5.91 Å². The Kier molecular flexibility index (Phi) is 9.54. The predicted molar refractivity (Wildman–Crippen MR) is 122 cm³/mol. The second kappa shape index (κ2) is 11.4. The molecule has 3 aliphatic rings. The zero-order valence-corrected chi connectivity index (χ0v) is 18.9. The molecule has 4 atom stereocenters. The summed E-state index contributed by atoms with van der Waals surface area (Å²) in [6.07, 6.45) is 6.21. The molecule has 3 heterocycles. The molecule has 2 N–H and O–H groups in total. The number of hydrogen-bond acceptors (Lipinski definition) is 4. The molecule has 7 heteroatoms. The van der Waals surface area contributed by atoms with Gasteiger partial charge in [0, 0.05) is 18.6 Å². The van der Waals surface area contributed by atoms with E-state index in [9.17, 15) is 4.79 Å². The van der Waals surface area contributed by atoms with Crippen molar-refractivity contribution in [2.24, 2.45) is 11.8 Å². The standard InChI is InChI=1S/C22H33N3O2.2ClH/c1-2-11-27-21-9-4-3-7-18(21)22(26)24-15-20-17-12-16(13-23-14-17)19-8-5-6-10-25(19)20;;/h3-4,7,9,16-17,19-20,23H,2,5-6,8,10-15H2,1H3,(H,24,26);2*1H/t16-,17+,19+,20+;;/m1../s1. The minimum atomic E-state index is -0.0128. The van der Waals surface area contributed by atoms with E-state index in [1.54, 1.807) is 0 Å². The van der Waals surface area contributed by atoms with Crippen molar-refractivity contribution in [3.05, 3.63) is 29.8 Å². The fourth-order valence-electron chi connectivity index (χ4n) is 5.33. The number of piperidine rings is 3. The number of carbonyl (C=O) groups excluding carboxylic acids is 1. The van der Waals surface area contributed by atoms with Crippen molar-refractivity contribution in [3.8, 4) is 5.75 Å². The van der Waals surface area contributed by atoms with Crippen LogP contribution in [-0.4, -0.2) is 55.7 Å². The van der Waals surface area contributed by atoms with Crippen LogP contribution in [0.15, 0.2) is 24.3 Å². The van der Waals surface area contributed by atoms with Crippen LogP contribution in [0.3, 0.4) is 0 Å². The van der Waals surface area contributed by atoms with Gasteiger partial charge in [0.2, 0.25) is 0 Å². The number of fused-ring (bicyclic) bond motifs is 4. The Labute approximate surface area is 187 Å². The third-order valence-corrected chi connectivity index (χ3v) is 6.59. The highest BCUT2D eigenvalue weighted by Gasteiger charge is 2.45. The van der Waals surface area contributed by atoms with E-state index in [0.717, 1.165) is 25.4 Å². The minimum absolute atomic E-state index is 0. The van der Waals surface area contributed by atoms with Crippen molar-refractivity contribution in [3.63, 3.8) is 0 Å². The molecular formula is C22H35Cl2N3O2. The number of carbonyl (C=O) groups is 1. The largest absolute Gasteiger partial charge is 0.493 e. The van der Waals surface area contributed by atoms with Crippen LogP contribution in [0.1, 0.15) is 49.4 Å². The average Bonchev–Trinajstić information content (AvgIpc) is 2.72. The van der Waals surface area contributed by atoms with Crippen LogP contribution in [0, 0.1) is 11.8 Å². The molecule has 0 unspecified atom stereocenters. The smallest absolute Gasteiger partial charge is 0.255 e. The van der Waals surface area contributed by atoms with Crippen molar-refractivity contribution in [1.29, 1.82) is 0 Å². The zero-order chi connectivity index (χ0) is 18.6. The molecule has 0 saturated carbocycles. The summed E-state index contributed by atoms with van der Waals surface area (Å²) in [5.74, 6) is 2.11. The number of rotatable bonds is 6. The Morgan fingerprint density at radius 2 is 2.00 bits per heavy atom. The van der Waals surface area contributed by atoms with Crippen molar-refractivity contribution >= 4 is 30.7 Å². The van der Waals surface area contributed by atoms with Gasteiger partial charge in [-0.15, -0.1) is 24.8 Å². The summed E-state index contributed by atoms with van der Waals surface area (Å²) in [4.78, 5) is 15.6. The molecule has 1 aromatic carbocycles. The van der Waals surface area contributed by atoms with Crippen LogP contribution in [0.2, 0.25) is 0 Å². The van der Waals surface area contributed by atoms with Crippen LogP contribution < -0.4 is 15.4 Å². The highest BCUT2D eigenvalue weighted by atomic mass is 35.5. The first kappa shape index (κ1) is 24.3. The first-order chi connectivity index (χ1) is 13.3. The summed E-state index contributed by atoms with van der Waals surface area (Å²) in [7, 11) is 0. The summed E-state index contributed by atoms with van der Waals surface area (Å²) >= 11 is 0. The van der Waals surface area contributed by atoms with Gasteiger partial charge in [0.05, 0.1) is 12.2 Å². The normalized spacial score (nSPS) is 28.3. The van der Waals surface area contributed by atoms with Gasteiger partial charge in [-0.3, -0.25) is 9.69 Å². The van der Waals surface area contributed by atoms with Gasteiger partial charge in [-0.05, 0) is 69.3 Å². The molecule has 0 aromatic heterocycles. The third kappa shape index (κ3) is 5.38. The average molecular weight is 444 g/mol. The lowest BCUT2D eigenvalue weighted by Crippen LogP contribution is -2.65. The molecular weight excluding hydrogens is 409 g/mol. The molecule has 29 heavy (non-hydrogen) atoms. The second-order valence-corrected chi connectivity index (χ2v) is 8.34. The molecule has 0 aliphatic carbocycles. The lowest BCUT2D eigenvalue weighted by Gasteiger charge is -2.55. The van der Waals surface area contributed by atoms with Gasteiger partial charge in [-0.1, -0.05) is 25.5 Å². The monoisotopic (exact) mass is 443 g/mol. The van der Waals surface area contributed by atoms with E-state index < -0.39 is 0 Å². The van der Waals surface area contributed by atoms with Gasteiger partial charge in [-0.25, -0.2) is 0 Å². The SMILES string of the molecule is CCCOc1ccccc1C(=O)NC[C@H]1[C@@H]2CNC[C@@H](C2)[C@@H]2CCCCN21.Cl.Cl. The molecule has 0 spiro atoms. The van der Waals surface area contributed by atoms with E-state index in [-0.39, 0.29) is 30.7 Å². The molecule has 1 aromatic rings. The minimum Gasteiger partial charge on any atom is -0.493 e. The molecule has 3 aliphatic heterocycles. The Hall–Kier alpha value is -1.01. The van der Waals surface area contributed by atoms with Gasteiger partial charge in [0.15, 0.2) is 0 Å². The van der Waals surface area contributed by atoms with Crippen LogP contribution in [0.25, 0.3) is 0 Å². The summed E-state index contributed by atoms with van der Waals surface area (Å²) in [6.45, 7) is 6.88. The highest BCUT2D eigenvalue weighted by Crippen LogP contribution is 2.38. The van der Waals surface area contributed by atoms with E-state index in [1.807, 2.05) is 24.3 Å². The third-order valence-electron chi connectivity index (χ3n) is 6.59. The molecule has 164 valence electrons. The van der Waals surface area contributed by atoms with Gasteiger partial charge in [0.1, 0.15) is 5.75 Å². The van der Waals surface area contributed by atoms with E-state index in [4.69, 9.17) is 4.74 Å². The number of para-hydroxylation sites is 1. The lowest BCUT2D eigenvalue weighted by atomic mass is 9.73. The second-order valence-electron chi connectivity index (χ2n) is 8.34. The zero-order valence-electron chi connectivity index (χ0n) is 17.3. The van der Waals surface area contributed by atoms with E-state index in [2.05, 4.69) is 22.5 Å². The fourth-order valence-corrected chi connectivity index (χ4v) is 5.33. The number of nitrogens with zero attached hydrogens (tertiary/aromatic N) is 1. The first-order valence-electron chi connectivity index (χ1n) is 10.7. The molecule has 4 rings (SSSR count).